The van der Waals surface area contributed by atoms with E-state index in [1.165, 1.54) is 13.2 Å². The highest BCUT2D eigenvalue weighted by atomic mass is 16.5. The zero-order valence-electron chi connectivity index (χ0n) is 42.3. The number of nitrogens with zero attached hydrogens (tertiary/aromatic N) is 4. The minimum absolute atomic E-state index is 0.0851. The number of unbranched alkanes of at least 4 members (excludes halogenated alkanes) is 1. The molecular weight excluding hydrogens is 967 g/mol. The van der Waals surface area contributed by atoms with Crippen LogP contribution >= 0.6 is 0 Å². The molecule has 1 aromatic heterocycles. The van der Waals surface area contributed by atoms with Gasteiger partial charge >= 0.3 is 12.0 Å². The molecule has 22 heteroatoms. The zero-order chi connectivity index (χ0) is 53.9. The largest absolute Gasteiger partial charge is 0.469 e. The first-order valence-electron chi connectivity index (χ1n) is 24.5. The minimum atomic E-state index is -1.35. The summed E-state index contributed by atoms with van der Waals surface area (Å²) in [6.07, 6.45) is 6.63. The average molecular weight is 1030 g/mol. The van der Waals surface area contributed by atoms with Crippen LogP contribution in [0, 0.1) is 6.92 Å². The standard InChI is InChI=1S/C53H67N11O11/c1-38-11-6-7-15-43(38)63-53(71)59-42-20-17-40(18-21-42)36-48(66)60-44(16-8-9-26-56-47(65)23-19-41-14-10-25-55-37-41)51(69)61-45(22-24-49(67)72-2)52(70)62-46(35-39-12-4-3-5-13-39)50(68)57-27-29-73-31-33-75-34-32-74-30-28-58-64-54/h3-7,10-15,17-21,23,25,37,44-46H,8-9,16,22,24,26-36H2,1-2H3,(H,56,65)(H,57,68)(H,60,66)(H,61,69)(H,62,70)(H2,59,63,71)/b23-19+/t44-,45-,46-/m0/s1. The summed E-state index contributed by atoms with van der Waals surface area (Å²) in [4.78, 5) is 100.0. The molecule has 0 saturated heterocycles. The van der Waals surface area contributed by atoms with E-state index in [1.807, 2.05) is 31.2 Å². The Balaban J connectivity index is 1.41. The number of methoxy groups -OCH3 is 1. The number of ether oxygens (including phenoxy) is 4. The van der Waals surface area contributed by atoms with Crippen LogP contribution in [0.25, 0.3) is 16.5 Å². The molecular formula is C53H67N11O11. The van der Waals surface area contributed by atoms with E-state index in [9.17, 15) is 33.6 Å². The summed E-state index contributed by atoms with van der Waals surface area (Å²) in [5.74, 6) is -3.49. The fraction of sp³-hybridized carbons (Fsp3) is 0.396. The minimum Gasteiger partial charge on any atom is -0.469 e. The van der Waals surface area contributed by atoms with Gasteiger partial charge in [-0.15, -0.1) is 0 Å². The molecule has 4 aromatic rings. The highest BCUT2D eigenvalue weighted by Gasteiger charge is 2.30. The number of aromatic nitrogens is 1. The number of carbonyl (C=O) groups excluding carboxylic acids is 7. The predicted molar refractivity (Wildman–Crippen MR) is 281 cm³/mol. The predicted octanol–water partition coefficient (Wildman–Crippen LogP) is 4.70. The fourth-order valence-electron chi connectivity index (χ4n) is 7.09. The topological polar surface area (TPSA) is 302 Å². The van der Waals surface area contributed by atoms with Gasteiger partial charge in [0.05, 0.1) is 53.2 Å². The van der Waals surface area contributed by atoms with Gasteiger partial charge in [0.1, 0.15) is 18.1 Å². The molecule has 0 aliphatic heterocycles. The van der Waals surface area contributed by atoms with Gasteiger partial charge in [-0.2, -0.15) is 0 Å². The SMILES string of the molecule is COC(=O)CC[C@H](NC(=O)[C@H](CCCCNC(=O)/C=C/c1cccnc1)NC(=O)Cc1ccc(NC(=O)Nc2ccccc2C)cc1)C(=O)N[C@@H](Cc1ccccc1)C(=O)NCCOCCOCCOCCN=[N+]=[N-]. The first-order valence-corrected chi connectivity index (χ1v) is 24.5. The number of para-hydroxylation sites is 1. The first-order chi connectivity index (χ1) is 36.4. The summed E-state index contributed by atoms with van der Waals surface area (Å²) in [5.41, 5.74) is 12.4. The Hall–Kier alpha value is -8.17. The number of hydrogen-bond donors (Lipinski definition) is 7. The highest BCUT2D eigenvalue weighted by Crippen LogP contribution is 2.16. The van der Waals surface area contributed by atoms with Crippen molar-refractivity contribution in [3.05, 3.63) is 142 Å². The van der Waals surface area contributed by atoms with E-state index in [2.05, 4.69) is 52.2 Å². The number of amides is 7. The Bertz CT molecular complexity index is 2490. The molecule has 3 atom stereocenters. The summed E-state index contributed by atoms with van der Waals surface area (Å²) in [6, 6.07) is 22.4. The number of azide groups is 1. The molecule has 0 spiro atoms. The van der Waals surface area contributed by atoms with Gasteiger partial charge in [0, 0.05) is 67.2 Å². The second-order valence-electron chi connectivity index (χ2n) is 16.8. The molecule has 0 unspecified atom stereocenters. The van der Waals surface area contributed by atoms with Crippen molar-refractivity contribution in [3.63, 3.8) is 0 Å². The quantitative estimate of drug-likeness (QED) is 0.00837. The normalized spacial score (nSPS) is 12.0. The lowest BCUT2D eigenvalue weighted by Gasteiger charge is -2.25. The van der Waals surface area contributed by atoms with Crippen molar-refractivity contribution in [2.45, 2.75) is 70.0 Å². The third-order valence-corrected chi connectivity index (χ3v) is 11.1. The van der Waals surface area contributed by atoms with Crippen LogP contribution in [0.3, 0.4) is 0 Å². The lowest BCUT2D eigenvalue weighted by Crippen LogP contribution is -2.57. The van der Waals surface area contributed by atoms with Gasteiger partial charge < -0.3 is 56.2 Å². The summed E-state index contributed by atoms with van der Waals surface area (Å²) >= 11 is 0. The number of hydrogen-bond acceptors (Lipinski definition) is 13. The van der Waals surface area contributed by atoms with Crippen LogP contribution in [0.4, 0.5) is 16.2 Å². The monoisotopic (exact) mass is 1030 g/mol. The van der Waals surface area contributed by atoms with Crippen molar-refractivity contribution >= 4 is 59.0 Å². The third kappa shape index (κ3) is 24.9. The second kappa shape index (κ2) is 35.1. The molecule has 7 N–H and O–H groups in total. The molecule has 0 radical (unpaired) electrons. The maximum atomic E-state index is 14.2. The molecule has 1 heterocycles. The fourth-order valence-corrected chi connectivity index (χ4v) is 7.09. The van der Waals surface area contributed by atoms with E-state index in [0.29, 0.717) is 43.0 Å². The third-order valence-electron chi connectivity index (χ3n) is 11.1. The van der Waals surface area contributed by atoms with Gasteiger partial charge in [0.25, 0.3) is 0 Å². The van der Waals surface area contributed by atoms with E-state index in [1.54, 1.807) is 85.2 Å². The smallest absolute Gasteiger partial charge is 0.323 e. The van der Waals surface area contributed by atoms with Crippen molar-refractivity contribution in [3.8, 4) is 0 Å². The van der Waals surface area contributed by atoms with Crippen LogP contribution in [0.15, 0.2) is 115 Å². The molecule has 7 amide bonds. The Labute approximate surface area is 436 Å². The second-order valence-corrected chi connectivity index (χ2v) is 16.8. The van der Waals surface area contributed by atoms with E-state index >= 15 is 0 Å². The number of rotatable bonds is 34. The number of nitrogens with one attached hydrogen (secondary N) is 7. The van der Waals surface area contributed by atoms with Gasteiger partial charge in [-0.1, -0.05) is 71.8 Å². The van der Waals surface area contributed by atoms with Gasteiger partial charge in [-0.05, 0) is 90.7 Å². The molecule has 400 valence electrons. The zero-order valence-corrected chi connectivity index (χ0v) is 42.3. The van der Waals surface area contributed by atoms with Gasteiger partial charge in [-0.25, -0.2) is 4.79 Å². The molecule has 0 aliphatic carbocycles. The van der Waals surface area contributed by atoms with Crippen LogP contribution in [-0.4, -0.2) is 131 Å². The number of urea groups is 1. The Morgan fingerprint density at radius 1 is 0.680 bits per heavy atom. The molecule has 75 heavy (non-hydrogen) atoms. The lowest BCUT2D eigenvalue weighted by molar-refractivity contribution is -0.141. The number of pyridine rings is 1. The number of esters is 1. The molecule has 0 saturated carbocycles. The van der Waals surface area contributed by atoms with Gasteiger partial charge in [0.15, 0.2) is 0 Å². The Morgan fingerprint density at radius 3 is 2.05 bits per heavy atom. The van der Waals surface area contributed by atoms with Gasteiger partial charge in [-0.3, -0.25) is 33.8 Å². The molecule has 3 aromatic carbocycles. The molecule has 4 rings (SSSR count). The molecule has 22 nitrogen and oxygen atoms in total. The van der Waals surface area contributed by atoms with E-state index in [4.69, 9.17) is 24.5 Å². The van der Waals surface area contributed by atoms with E-state index in [0.717, 1.165) is 16.7 Å². The van der Waals surface area contributed by atoms with E-state index in [-0.39, 0.29) is 84.1 Å². The summed E-state index contributed by atoms with van der Waals surface area (Å²) in [5, 5.41) is 22.8. The number of aryl methyl sites for hydroxylation is 1. The van der Waals surface area contributed by atoms with Crippen LogP contribution in [0.2, 0.25) is 0 Å². The average Bonchev–Trinajstić information content (AvgIpc) is 3.41. The van der Waals surface area contributed by atoms with Crippen LogP contribution < -0.4 is 37.2 Å². The van der Waals surface area contributed by atoms with Crippen molar-refractivity contribution in [2.24, 2.45) is 5.11 Å². The summed E-state index contributed by atoms with van der Waals surface area (Å²) < 4.78 is 21.2. The van der Waals surface area contributed by atoms with Crippen LogP contribution in [0.5, 0.6) is 0 Å². The van der Waals surface area contributed by atoms with Crippen molar-refractivity contribution < 1.29 is 52.5 Å². The van der Waals surface area contributed by atoms with Crippen molar-refractivity contribution in [1.29, 1.82) is 0 Å². The molecule has 0 fully saturated rings. The number of benzene rings is 3. The summed E-state index contributed by atoms with van der Waals surface area (Å²) in [6.45, 7) is 4.05. The van der Waals surface area contributed by atoms with Crippen molar-refractivity contribution in [2.75, 3.05) is 77.0 Å². The maximum absolute atomic E-state index is 14.2. The first kappa shape index (κ1) is 59.4. The number of anilines is 2. The maximum Gasteiger partial charge on any atom is 0.323 e. The van der Waals surface area contributed by atoms with E-state index < -0.39 is 53.8 Å². The molecule has 0 bridgehead atoms. The van der Waals surface area contributed by atoms with Crippen LogP contribution in [-0.2, 0) is 60.6 Å². The lowest BCUT2D eigenvalue weighted by atomic mass is 10.0. The Kier molecular flexibility index (Phi) is 27.8. The Morgan fingerprint density at radius 2 is 1.36 bits per heavy atom. The highest BCUT2D eigenvalue weighted by molar-refractivity contribution is 6.00. The van der Waals surface area contributed by atoms with Crippen LogP contribution in [0.1, 0.15) is 54.4 Å². The van der Waals surface area contributed by atoms with Crippen molar-refractivity contribution in [1.82, 2.24) is 31.6 Å². The van der Waals surface area contributed by atoms with Gasteiger partial charge in [0.2, 0.25) is 29.5 Å². The summed E-state index contributed by atoms with van der Waals surface area (Å²) in [7, 11) is 1.19. The molecule has 0 aliphatic rings. The number of carbonyl (C=O) groups is 7.